The highest BCUT2D eigenvalue weighted by atomic mass is 16.4. The number of carbonyl (C=O) groups excluding carboxylic acids is 1. The molecule has 0 N–H and O–H groups in total. The molecule has 1 aliphatic rings. The molecular weight excluding hydrogens is 368 g/mol. The fraction of sp³-hybridized carbons (Fsp3) is 0.381. The van der Waals surface area contributed by atoms with Crippen LogP contribution in [0.25, 0.3) is 11.5 Å². The van der Waals surface area contributed by atoms with Crippen LogP contribution in [0.2, 0.25) is 0 Å². The van der Waals surface area contributed by atoms with Gasteiger partial charge in [0.25, 0.3) is 5.91 Å². The van der Waals surface area contributed by atoms with Crippen molar-refractivity contribution in [2.75, 3.05) is 29.9 Å². The van der Waals surface area contributed by atoms with Crippen molar-refractivity contribution in [3.8, 4) is 11.5 Å². The van der Waals surface area contributed by atoms with Gasteiger partial charge in [0.15, 0.2) is 0 Å². The molecule has 8 nitrogen and oxygen atoms in total. The van der Waals surface area contributed by atoms with Crippen LogP contribution in [-0.2, 0) is 0 Å². The van der Waals surface area contributed by atoms with Crippen molar-refractivity contribution in [3.63, 3.8) is 0 Å². The Kier molecular flexibility index (Phi) is 5.00. The Labute approximate surface area is 169 Å². The lowest BCUT2D eigenvalue weighted by molar-refractivity contribution is 0.0989. The number of amides is 1. The Morgan fingerprint density at radius 3 is 2.79 bits per heavy atom. The molecule has 8 heteroatoms. The van der Waals surface area contributed by atoms with Gasteiger partial charge in [-0.05, 0) is 24.6 Å². The number of aryl methyl sites for hydroxylation is 1. The number of hydrogen-bond donors (Lipinski definition) is 0. The van der Waals surface area contributed by atoms with Crippen molar-refractivity contribution in [3.05, 3.63) is 47.7 Å². The Morgan fingerprint density at radius 2 is 2.07 bits per heavy atom. The van der Waals surface area contributed by atoms with Crippen LogP contribution in [0.5, 0.6) is 0 Å². The summed E-state index contributed by atoms with van der Waals surface area (Å²) in [5, 5.41) is 7.96. The molecule has 4 rings (SSSR count). The van der Waals surface area contributed by atoms with Gasteiger partial charge in [0.2, 0.25) is 11.8 Å². The highest BCUT2D eigenvalue weighted by molar-refractivity contribution is 6.09. The Bertz CT molecular complexity index is 1050. The lowest BCUT2D eigenvalue weighted by Gasteiger charge is -2.21. The minimum Gasteiger partial charge on any atom is -0.421 e. The van der Waals surface area contributed by atoms with Crippen molar-refractivity contribution in [2.45, 2.75) is 33.1 Å². The van der Waals surface area contributed by atoms with Crippen LogP contribution in [0, 0.1) is 6.92 Å². The van der Waals surface area contributed by atoms with Gasteiger partial charge >= 0.3 is 0 Å². The van der Waals surface area contributed by atoms with Gasteiger partial charge in [-0.2, -0.15) is 0 Å². The number of benzene rings is 1. The number of likely N-dealkylation sites (N-methyl/N-ethyl adjacent to an activating group) is 1. The van der Waals surface area contributed by atoms with Crippen molar-refractivity contribution >= 4 is 17.4 Å². The first kappa shape index (κ1) is 19.0. The Morgan fingerprint density at radius 1 is 1.24 bits per heavy atom. The van der Waals surface area contributed by atoms with E-state index < -0.39 is 0 Å². The molecule has 0 radical (unpaired) electrons. The summed E-state index contributed by atoms with van der Waals surface area (Å²) in [5.41, 5.74) is 2.06. The first-order valence-electron chi connectivity index (χ1n) is 9.78. The van der Waals surface area contributed by atoms with Gasteiger partial charge in [0.1, 0.15) is 17.2 Å². The van der Waals surface area contributed by atoms with Gasteiger partial charge in [-0.3, -0.25) is 4.79 Å². The third kappa shape index (κ3) is 3.57. The van der Waals surface area contributed by atoms with Crippen molar-refractivity contribution < 1.29 is 9.21 Å². The van der Waals surface area contributed by atoms with E-state index in [4.69, 9.17) is 9.40 Å². The normalized spacial score (nSPS) is 15.2. The summed E-state index contributed by atoms with van der Waals surface area (Å²) in [5.74, 6) is 2.53. The molecule has 1 atom stereocenters. The summed E-state index contributed by atoms with van der Waals surface area (Å²) in [4.78, 5) is 26.3. The second kappa shape index (κ2) is 7.62. The highest BCUT2D eigenvalue weighted by Gasteiger charge is 2.28. The molecule has 1 aromatic carbocycles. The number of carbonyl (C=O) groups is 1. The molecule has 2 aromatic heterocycles. The van der Waals surface area contributed by atoms with Gasteiger partial charge < -0.3 is 14.2 Å². The molecule has 0 saturated heterocycles. The van der Waals surface area contributed by atoms with Crippen LogP contribution in [0.15, 0.2) is 34.9 Å². The van der Waals surface area contributed by atoms with Gasteiger partial charge in [-0.25, -0.2) is 9.97 Å². The number of rotatable bonds is 4. The van der Waals surface area contributed by atoms with Crippen molar-refractivity contribution in [1.82, 2.24) is 20.2 Å². The quantitative estimate of drug-likeness (QED) is 0.672. The minimum atomic E-state index is -0.112. The van der Waals surface area contributed by atoms with Crippen LogP contribution in [0.3, 0.4) is 0 Å². The summed E-state index contributed by atoms with van der Waals surface area (Å²) in [6.07, 6.45) is 2.61. The number of fused-ring (bicyclic) bond motifs is 1. The molecule has 1 aliphatic heterocycles. The molecule has 3 heterocycles. The van der Waals surface area contributed by atoms with E-state index in [1.54, 1.807) is 18.0 Å². The third-order valence-corrected chi connectivity index (χ3v) is 5.27. The maximum Gasteiger partial charge on any atom is 0.263 e. The molecule has 3 aromatic rings. The monoisotopic (exact) mass is 392 g/mol. The van der Waals surface area contributed by atoms with Crippen LogP contribution in [0.4, 0.5) is 11.5 Å². The fourth-order valence-electron chi connectivity index (χ4n) is 3.32. The zero-order chi connectivity index (χ0) is 20.5. The number of anilines is 2. The fourth-order valence-corrected chi connectivity index (χ4v) is 3.32. The molecular formula is C21H24N6O2. The van der Waals surface area contributed by atoms with E-state index >= 15 is 0 Å². The lowest BCUT2D eigenvalue weighted by atomic mass is 10.1. The molecule has 29 heavy (non-hydrogen) atoms. The van der Waals surface area contributed by atoms with Crippen LogP contribution < -0.4 is 9.80 Å². The van der Waals surface area contributed by atoms with E-state index in [1.807, 2.05) is 36.2 Å². The van der Waals surface area contributed by atoms with Crippen LogP contribution in [0.1, 0.15) is 48.3 Å². The zero-order valence-electron chi connectivity index (χ0n) is 17.1. The van der Waals surface area contributed by atoms with E-state index in [1.165, 1.54) is 0 Å². The van der Waals surface area contributed by atoms with Crippen LogP contribution >= 0.6 is 0 Å². The molecule has 0 spiro atoms. The second-order valence-corrected chi connectivity index (χ2v) is 7.33. The molecule has 0 fully saturated rings. The number of aromatic nitrogens is 4. The topological polar surface area (TPSA) is 88.2 Å². The predicted octanol–water partition coefficient (Wildman–Crippen LogP) is 3.45. The summed E-state index contributed by atoms with van der Waals surface area (Å²) in [6, 6.07) is 7.57. The Balaban J connectivity index is 1.71. The maximum atomic E-state index is 13.4. The maximum absolute atomic E-state index is 13.4. The standard InChI is InChI=1S/C21H24N6O2/c1-5-13(2)18-22-12-17-19(23-18)26(4)9-10-27(21(17)28)16-8-6-7-15(11-16)20-25-24-14(3)29-20/h6-8,11-13H,5,9-10H2,1-4H3. The van der Waals surface area contributed by atoms with Gasteiger partial charge in [-0.1, -0.05) is 19.9 Å². The average Bonchev–Trinajstić information content (AvgIpc) is 3.14. The zero-order valence-corrected chi connectivity index (χ0v) is 17.1. The van der Waals surface area contributed by atoms with Gasteiger partial charge in [-0.15, -0.1) is 10.2 Å². The van der Waals surface area contributed by atoms with Crippen molar-refractivity contribution in [2.24, 2.45) is 0 Å². The first-order chi connectivity index (χ1) is 14.0. The Hall–Kier alpha value is -3.29. The van der Waals surface area contributed by atoms with Gasteiger partial charge in [0, 0.05) is 50.4 Å². The molecule has 150 valence electrons. The molecule has 1 unspecified atom stereocenters. The molecule has 0 aliphatic carbocycles. The third-order valence-electron chi connectivity index (χ3n) is 5.27. The van der Waals surface area contributed by atoms with Gasteiger partial charge in [0.05, 0.1) is 0 Å². The smallest absolute Gasteiger partial charge is 0.263 e. The summed E-state index contributed by atoms with van der Waals surface area (Å²) >= 11 is 0. The SMILES string of the molecule is CCC(C)c1ncc2c(n1)N(C)CCN(c1cccc(-c3nnc(C)o3)c1)C2=O. The highest BCUT2D eigenvalue weighted by Crippen LogP contribution is 2.29. The number of hydrogen-bond acceptors (Lipinski definition) is 7. The lowest BCUT2D eigenvalue weighted by Crippen LogP contribution is -2.33. The van der Waals surface area contributed by atoms with E-state index in [-0.39, 0.29) is 11.8 Å². The summed E-state index contributed by atoms with van der Waals surface area (Å²) < 4.78 is 5.53. The molecule has 0 saturated carbocycles. The average molecular weight is 392 g/mol. The second-order valence-electron chi connectivity index (χ2n) is 7.33. The first-order valence-corrected chi connectivity index (χ1v) is 9.78. The number of nitrogens with zero attached hydrogens (tertiary/aromatic N) is 6. The molecule has 0 bridgehead atoms. The summed E-state index contributed by atoms with van der Waals surface area (Å²) in [7, 11) is 1.96. The van der Waals surface area contributed by atoms with E-state index in [0.29, 0.717) is 36.3 Å². The minimum absolute atomic E-state index is 0.112. The molecule has 1 amide bonds. The van der Waals surface area contributed by atoms with E-state index in [2.05, 4.69) is 29.0 Å². The summed E-state index contributed by atoms with van der Waals surface area (Å²) in [6.45, 7) is 7.15. The van der Waals surface area contributed by atoms with Crippen molar-refractivity contribution in [1.29, 1.82) is 0 Å². The largest absolute Gasteiger partial charge is 0.421 e. The van der Waals surface area contributed by atoms with E-state index in [0.717, 1.165) is 23.5 Å². The predicted molar refractivity (Wildman–Crippen MR) is 110 cm³/mol. The van der Waals surface area contributed by atoms with E-state index in [9.17, 15) is 4.79 Å². The van der Waals surface area contributed by atoms with Crippen LogP contribution in [-0.4, -0.2) is 46.2 Å².